The van der Waals surface area contributed by atoms with Crippen LogP contribution in [0.15, 0.2) is 65.8 Å². The number of aromatic nitrogens is 1. The smallest absolute Gasteiger partial charge is 0.416 e. The van der Waals surface area contributed by atoms with Crippen LogP contribution in [0.25, 0.3) is 11.1 Å². The summed E-state index contributed by atoms with van der Waals surface area (Å²) in [6.45, 7) is 5.77. The minimum Gasteiger partial charge on any atom is -0.496 e. The van der Waals surface area contributed by atoms with Crippen LogP contribution in [0.4, 0.5) is 19.0 Å². The fourth-order valence-electron chi connectivity index (χ4n) is 4.30. The Bertz CT molecular complexity index is 1390. The molecular formula is C29H30F3N5O3. The lowest BCUT2D eigenvalue weighted by molar-refractivity contribution is -0.142. The van der Waals surface area contributed by atoms with Gasteiger partial charge in [0.2, 0.25) is 5.96 Å². The van der Waals surface area contributed by atoms with Crippen LogP contribution in [-0.2, 0) is 22.1 Å². The number of carbonyl (C=O) groups is 1. The van der Waals surface area contributed by atoms with E-state index in [1.165, 1.54) is 13.2 Å². The van der Waals surface area contributed by atoms with Gasteiger partial charge in [0.25, 0.3) is 0 Å². The summed E-state index contributed by atoms with van der Waals surface area (Å²) < 4.78 is 52.2. The average molecular weight is 554 g/mol. The summed E-state index contributed by atoms with van der Waals surface area (Å²) in [5, 5.41) is 12.0. The van der Waals surface area contributed by atoms with E-state index in [1.54, 1.807) is 68.3 Å². The minimum atomic E-state index is -4.59. The van der Waals surface area contributed by atoms with Crippen LogP contribution < -0.4 is 10.1 Å². The Labute approximate surface area is 231 Å². The second-order valence-electron chi connectivity index (χ2n) is 8.64. The maximum atomic E-state index is 13.9. The molecule has 3 rings (SSSR count). The Balaban J connectivity index is 2.20. The second-order valence-corrected chi connectivity index (χ2v) is 8.64. The SMILES string of the molecule is CCOC(=O)Cc1ccc(OC)c(-c2ccc(C(F)(F)F)cc2C(C)N(CC)/C(=N/c2ccccn2)NC#N)c1. The molecule has 0 saturated heterocycles. The molecule has 1 aromatic heterocycles. The topological polar surface area (TPSA) is 99.8 Å². The van der Waals surface area contributed by atoms with Crippen LogP contribution in [0, 0.1) is 11.5 Å². The van der Waals surface area contributed by atoms with E-state index in [0.29, 0.717) is 40.4 Å². The van der Waals surface area contributed by atoms with Gasteiger partial charge in [0.15, 0.2) is 12.0 Å². The van der Waals surface area contributed by atoms with Crippen molar-refractivity contribution in [2.45, 2.75) is 39.4 Å². The van der Waals surface area contributed by atoms with Crippen molar-refractivity contribution in [3.8, 4) is 23.1 Å². The lowest BCUT2D eigenvalue weighted by atomic mass is 9.91. The van der Waals surface area contributed by atoms with E-state index < -0.39 is 23.8 Å². The van der Waals surface area contributed by atoms with E-state index in [-0.39, 0.29) is 19.0 Å². The number of hydrogen-bond donors (Lipinski definition) is 1. The highest BCUT2D eigenvalue weighted by Gasteiger charge is 2.33. The summed E-state index contributed by atoms with van der Waals surface area (Å²) in [6, 6.07) is 13.0. The Morgan fingerprint density at radius 1 is 1.15 bits per heavy atom. The van der Waals surface area contributed by atoms with Gasteiger partial charge in [-0.3, -0.25) is 10.1 Å². The number of nitrogens with one attached hydrogen (secondary N) is 1. The molecule has 1 N–H and O–H groups in total. The molecule has 11 heteroatoms. The number of rotatable bonds is 9. The lowest BCUT2D eigenvalue weighted by Crippen LogP contribution is -2.41. The third-order valence-corrected chi connectivity index (χ3v) is 6.15. The number of pyridine rings is 1. The number of esters is 1. The van der Waals surface area contributed by atoms with E-state index in [0.717, 1.165) is 12.1 Å². The van der Waals surface area contributed by atoms with Crippen molar-refractivity contribution in [3.05, 3.63) is 77.5 Å². The molecule has 0 bridgehead atoms. The summed E-state index contributed by atoms with van der Waals surface area (Å²) in [6.07, 6.45) is -1.20. The zero-order valence-electron chi connectivity index (χ0n) is 22.6. The van der Waals surface area contributed by atoms with Crippen LogP contribution >= 0.6 is 0 Å². The number of methoxy groups -OCH3 is 1. The zero-order chi connectivity index (χ0) is 29.3. The van der Waals surface area contributed by atoms with Crippen molar-refractivity contribution in [1.82, 2.24) is 15.2 Å². The quantitative estimate of drug-likeness (QED) is 0.114. The Morgan fingerprint density at radius 3 is 2.52 bits per heavy atom. The standard InChI is InChI=1S/C29H30F3N5O3/c1-5-37(28(35-18-33)36-26-9-7-8-14-34-26)19(3)23-17-21(29(30,31)32)11-12-22(23)24-15-20(10-13-25(24)39-4)16-27(38)40-6-2/h7-15,17,19H,5-6,16H2,1-4H3,(H,34,35,36). The third kappa shape index (κ3) is 7.28. The highest BCUT2D eigenvalue weighted by molar-refractivity contribution is 5.85. The number of alkyl halides is 3. The fraction of sp³-hybridized carbons (Fsp3) is 0.310. The van der Waals surface area contributed by atoms with Gasteiger partial charge in [-0.25, -0.2) is 4.98 Å². The van der Waals surface area contributed by atoms with Gasteiger partial charge in [-0.15, -0.1) is 0 Å². The predicted molar refractivity (Wildman–Crippen MR) is 145 cm³/mol. The van der Waals surface area contributed by atoms with E-state index in [4.69, 9.17) is 9.47 Å². The number of halogens is 3. The van der Waals surface area contributed by atoms with Gasteiger partial charge in [-0.2, -0.15) is 23.4 Å². The first-order chi connectivity index (χ1) is 19.1. The average Bonchev–Trinajstić information content (AvgIpc) is 2.93. The number of benzene rings is 2. The molecule has 0 amide bonds. The predicted octanol–water partition coefficient (Wildman–Crippen LogP) is 6.02. The van der Waals surface area contributed by atoms with Crippen LogP contribution in [0.3, 0.4) is 0 Å². The summed E-state index contributed by atoms with van der Waals surface area (Å²) in [7, 11) is 1.46. The third-order valence-electron chi connectivity index (χ3n) is 6.15. The Hall–Kier alpha value is -4.59. The molecule has 1 atom stereocenters. The Morgan fingerprint density at radius 2 is 1.93 bits per heavy atom. The monoisotopic (exact) mass is 553 g/mol. The van der Waals surface area contributed by atoms with Gasteiger partial charge < -0.3 is 14.4 Å². The van der Waals surface area contributed by atoms with Crippen LogP contribution in [0.1, 0.15) is 43.5 Å². The highest BCUT2D eigenvalue weighted by Crippen LogP contribution is 2.40. The van der Waals surface area contributed by atoms with E-state index in [2.05, 4.69) is 15.3 Å². The van der Waals surface area contributed by atoms with E-state index in [9.17, 15) is 23.2 Å². The molecule has 3 aromatic rings. The van der Waals surface area contributed by atoms with Crippen molar-refractivity contribution in [1.29, 1.82) is 5.26 Å². The summed E-state index contributed by atoms with van der Waals surface area (Å²) in [4.78, 5) is 22.4. The van der Waals surface area contributed by atoms with Gasteiger partial charge >= 0.3 is 12.1 Å². The largest absolute Gasteiger partial charge is 0.496 e. The number of guanidine groups is 1. The Kier molecular flexibility index (Phi) is 10.1. The number of nitrogens with zero attached hydrogens (tertiary/aromatic N) is 4. The molecule has 210 valence electrons. The van der Waals surface area contributed by atoms with Crippen LogP contribution in [0.2, 0.25) is 0 Å². The molecule has 0 spiro atoms. The van der Waals surface area contributed by atoms with Crippen molar-refractivity contribution in [2.75, 3.05) is 20.3 Å². The van der Waals surface area contributed by atoms with Crippen molar-refractivity contribution < 1.29 is 27.4 Å². The lowest BCUT2D eigenvalue weighted by Gasteiger charge is -2.32. The molecule has 1 heterocycles. The molecule has 0 aliphatic rings. The molecule has 40 heavy (non-hydrogen) atoms. The maximum absolute atomic E-state index is 13.9. The van der Waals surface area contributed by atoms with Crippen molar-refractivity contribution in [3.63, 3.8) is 0 Å². The molecule has 0 fully saturated rings. The van der Waals surface area contributed by atoms with Gasteiger partial charge in [-0.05, 0) is 73.9 Å². The van der Waals surface area contributed by atoms with Gasteiger partial charge in [0.1, 0.15) is 5.75 Å². The minimum absolute atomic E-state index is 0.00951. The number of hydrogen-bond acceptors (Lipinski definition) is 6. The summed E-state index contributed by atoms with van der Waals surface area (Å²) in [5.41, 5.74) is 1.08. The second kappa shape index (κ2) is 13.5. The van der Waals surface area contributed by atoms with Crippen molar-refractivity contribution >= 4 is 17.7 Å². The summed E-state index contributed by atoms with van der Waals surface area (Å²) in [5.74, 6) is 0.447. The molecule has 0 radical (unpaired) electrons. The van der Waals surface area contributed by atoms with Gasteiger partial charge in [0, 0.05) is 18.3 Å². The highest BCUT2D eigenvalue weighted by atomic mass is 19.4. The number of carbonyl (C=O) groups excluding carboxylic acids is 1. The molecule has 2 aromatic carbocycles. The normalized spacial score (nSPS) is 12.3. The first-order valence-corrected chi connectivity index (χ1v) is 12.6. The molecule has 0 aliphatic carbocycles. The molecular weight excluding hydrogens is 523 g/mol. The molecule has 0 saturated carbocycles. The molecule has 1 unspecified atom stereocenters. The van der Waals surface area contributed by atoms with Gasteiger partial charge in [0.05, 0.1) is 31.7 Å². The molecule has 8 nitrogen and oxygen atoms in total. The fourth-order valence-corrected chi connectivity index (χ4v) is 4.30. The van der Waals surface area contributed by atoms with Crippen LogP contribution in [-0.4, -0.2) is 42.1 Å². The van der Waals surface area contributed by atoms with E-state index >= 15 is 0 Å². The number of ether oxygens (including phenoxy) is 2. The van der Waals surface area contributed by atoms with Crippen LogP contribution in [0.5, 0.6) is 5.75 Å². The number of aliphatic imine (C=N–C) groups is 1. The summed E-state index contributed by atoms with van der Waals surface area (Å²) >= 11 is 0. The van der Waals surface area contributed by atoms with Crippen molar-refractivity contribution in [2.24, 2.45) is 4.99 Å². The maximum Gasteiger partial charge on any atom is 0.416 e. The van der Waals surface area contributed by atoms with E-state index in [1.807, 2.05) is 6.19 Å². The zero-order valence-corrected chi connectivity index (χ0v) is 22.6. The first kappa shape index (κ1) is 30.0. The first-order valence-electron chi connectivity index (χ1n) is 12.6. The van der Waals surface area contributed by atoms with Gasteiger partial charge in [-0.1, -0.05) is 18.2 Å². The molecule has 0 aliphatic heterocycles. The number of nitriles is 1.